The number of carbonyl (C=O) groups excluding carboxylic acids is 3. The zero-order valence-corrected chi connectivity index (χ0v) is 17.3. The lowest BCUT2D eigenvalue weighted by molar-refractivity contribution is -0.139. The first-order chi connectivity index (χ1) is 13.4. The molecule has 28 heavy (non-hydrogen) atoms. The van der Waals surface area contributed by atoms with E-state index in [0.717, 1.165) is 19.3 Å². The van der Waals surface area contributed by atoms with E-state index in [-0.39, 0.29) is 25.9 Å². The molecule has 8 nitrogen and oxygen atoms in total. The van der Waals surface area contributed by atoms with Crippen LogP contribution in [0.25, 0.3) is 0 Å². The van der Waals surface area contributed by atoms with Crippen molar-refractivity contribution in [3.63, 3.8) is 0 Å². The average molecular weight is 401 g/mol. The fourth-order valence-corrected chi connectivity index (χ4v) is 2.67. The first kappa shape index (κ1) is 25.9. The van der Waals surface area contributed by atoms with Crippen LogP contribution in [-0.4, -0.2) is 48.1 Å². The third-order valence-electron chi connectivity index (χ3n) is 4.29. The van der Waals surface area contributed by atoms with Gasteiger partial charge in [-0.05, 0) is 19.8 Å². The molecular formula is C20H36N2O6. The summed E-state index contributed by atoms with van der Waals surface area (Å²) in [7, 11) is 0. The molecular weight excluding hydrogens is 364 g/mol. The smallest absolute Gasteiger partial charge is 0.407 e. The molecule has 0 aromatic rings. The molecule has 162 valence electrons. The third-order valence-corrected chi connectivity index (χ3v) is 4.29. The summed E-state index contributed by atoms with van der Waals surface area (Å²) in [6, 6.07) is -0.714. The molecule has 0 fully saturated rings. The molecule has 0 saturated heterocycles. The third kappa shape index (κ3) is 15.0. The van der Waals surface area contributed by atoms with Crippen molar-refractivity contribution in [1.82, 2.24) is 10.6 Å². The zero-order chi connectivity index (χ0) is 21.2. The van der Waals surface area contributed by atoms with Crippen LogP contribution in [0.2, 0.25) is 0 Å². The Balaban J connectivity index is 4.18. The Morgan fingerprint density at radius 2 is 1.50 bits per heavy atom. The molecule has 0 spiro atoms. The number of ketones is 1. The van der Waals surface area contributed by atoms with E-state index in [1.54, 1.807) is 6.92 Å². The monoisotopic (exact) mass is 400 g/mol. The number of aliphatic carboxylic acids is 1. The lowest BCUT2D eigenvalue weighted by Gasteiger charge is -2.17. The van der Waals surface area contributed by atoms with Crippen LogP contribution in [0.5, 0.6) is 0 Å². The summed E-state index contributed by atoms with van der Waals surface area (Å²) >= 11 is 0. The van der Waals surface area contributed by atoms with Crippen molar-refractivity contribution >= 4 is 23.8 Å². The summed E-state index contributed by atoms with van der Waals surface area (Å²) in [5.74, 6) is -2.30. The van der Waals surface area contributed by atoms with Crippen molar-refractivity contribution in [1.29, 1.82) is 0 Å². The minimum absolute atomic E-state index is 0.0749. The molecule has 3 N–H and O–H groups in total. The number of carboxylic acids is 1. The lowest BCUT2D eigenvalue weighted by atomic mass is 10.1. The van der Waals surface area contributed by atoms with Crippen LogP contribution >= 0.6 is 0 Å². The maximum absolute atomic E-state index is 12.0. The van der Waals surface area contributed by atoms with Gasteiger partial charge in [-0.15, -0.1) is 0 Å². The number of carbonyl (C=O) groups is 4. The fraction of sp³-hybridized carbons (Fsp3) is 0.800. The SMILES string of the molecule is CCCCCCCCCCC(=O)C(=O)N[C@@H](CCC(=O)O)COC(=O)NCC. The first-order valence-corrected chi connectivity index (χ1v) is 10.4. The van der Waals surface area contributed by atoms with Gasteiger partial charge in [0.25, 0.3) is 5.91 Å². The van der Waals surface area contributed by atoms with Gasteiger partial charge < -0.3 is 20.5 Å². The Labute approximate surface area is 167 Å². The van der Waals surface area contributed by atoms with E-state index in [1.165, 1.54) is 25.7 Å². The van der Waals surface area contributed by atoms with Gasteiger partial charge in [0.05, 0.1) is 6.04 Å². The summed E-state index contributed by atoms with van der Waals surface area (Å²) in [5.41, 5.74) is 0. The number of alkyl carbamates (subject to hydrolysis) is 1. The van der Waals surface area contributed by atoms with Crippen LogP contribution in [0.4, 0.5) is 4.79 Å². The van der Waals surface area contributed by atoms with Gasteiger partial charge in [0.2, 0.25) is 5.78 Å². The summed E-state index contributed by atoms with van der Waals surface area (Å²) in [4.78, 5) is 46.1. The molecule has 0 aliphatic rings. The number of amides is 2. The molecule has 0 saturated carbocycles. The highest BCUT2D eigenvalue weighted by atomic mass is 16.5. The number of rotatable bonds is 17. The van der Waals surface area contributed by atoms with E-state index in [1.807, 2.05) is 0 Å². The molecule has 0 aliphatic heterocycles. The Hall–Kier alpha value is -2.12. The average Bonchev–Trinajstić information content (AvgIpc) is 2.65. The second-order valence-electron chi connectivity index (χ2n) is 6.88. The number of ether oxygens (including phenoxy) is 1. The molecule has 1 atom stereocenters. The van der Waals surface area contributed by atoms with Crippen LogP contribution in [0.1, 0.15) is 84.5 Å². The number of hydrogen-bond donors (Lipinski definition) is 3. The van der Waals surface area contributed by atoms with Gasteiger partial charge >= 0.3 is 12.1 Å². The van der Waals surface area contributed by atoms with Crippen molar-refractivity contribution in [2.75, 3.05) is 13.2 Å². The highest BCUT2D eigenvalue weighted by Gasteiger charge is 2.20. The summed E-state index contributed by atoms with van der Waals surface area (Å²) in [6.07, 6.45) is 8.09. The summed E-state index contributed by atoms with van der Waals surface area (Å²) in [6.45, 7) is 4.11. The van der Waals surface area contributed by atoms with Crippen molar-refractivity contribution in [2.24, 2.45) is 0 Å². The molecule has 2 amide bonds. The minimum atomic E-state index is -1.03. The zero-order valence-electron chi connectivity index (χ0n) is 17.3. The number of carboxylic acid groups (broad SMARTS) is 1. The van der Waals surface area contributed by atoms with Crippen molar-refractivity contribution in [2.45, 2.75) is 90.5 Å². The summed E-state index contributed by atoms with van der Waals surface area (Å²) in [5, 5.41) is 13.7. The normalized spacial score (nSPS) is 11.5. The number of hydrogen-bond acceptors (Lipinski definition) is 5. The second-order valence-corrected chi connectivity index (χ2v) is 6.88. The molecule has 0 aromatic heterocycles. The van der Waals surface area contributed by atoms with E-state index < -0.39 is 29.8 Å². The van der Waals surface area contributed by atoms with E-state index >= 15 is 0 Å². The van der Waals surface area contributed by atoms with Gasteiger partial charge in [-0.25, -0.2) is 4.79 Å². The first-order valence-electron chi connectivity index (χ1n) is 10.4. The van der Waals surface area contributed by atoms with E-state index in [2.05, 4.69) is 17.6 Å². The second kappa shape index (κ2) is 17.0. The predicted molar refractivity (Wildman–Crippen MR) is 106 cm³/mol. The predicted octanol–water partition coefficient (Wildman–Crippen LogP) is 3.18. The van der Waals surface area contributed by atoms with Crippen molar-refractivity contribution < 1.29 is 29.0 Å². The van der Waals surface area contributed by atoms with Gasteiger partial charge in [-0.1, -0.05) is 51.9 Å². The number of unbranched alkanes of at least 4 members (excludes halogenated alkanes) is 7. The Kier molecular flexibility index (Phi) is 15.7. The lowest BCUT2D eigenvalue weighted by Crippen LogP contribution is -2.43. The molecule has 0 aromatic carbocycles. The Bertz CT molecular complexity index is 481. The van der Waals surface area contributed by atoms with Crippen LogP contribution < -0.4 is 10.6 Å². The Morgan fingerprint density at radius 3 is 2.07 bits per heavy atom. The van der Waals surface area contributed by atoms with Crippen LogP contribution in [0.3, 0.4) is 0 Å². The molecule has 8 heteroatoms. The maximum atomic E-state index is 12.0. The molecule has 0 radical (unpaired) electrons. The van der Waals surface area contributed by atoms with Gasteiger partial charge in [0.1, 0.15) is 6.61 Å². The molecule has 0 rings (SSSR count). The minimum Gasteiger partial charge on any atom is -0.481 e. The topological polar surface area (TPSA) is 122 Å². The quantitative estimate of drug-likeness (QED) is 0.255. The number of nitrogens with one attached hydrogen (secondary N) is 2. The van der Waals surface area contributed by atoms with Crippen molar-refractivity contribution in [3.05, 3.63) is 0 Å². The van der Waals surface area contributed by atoms with Crippen molar-refractivity contribution in [3.8, 4) is 0 Å². The highest BCUT2D eigenvalue weighted by Crippen LogP contribution is 2.10. The van der Waals surface area contributed by atoms with Crippen LogP contribution in [-0.2, 0) is 19.1 Å². The van der Waals surface area contributed by atoms with Crippen LogP contribution in [0, 0.1) is 0 Å². The molecule has 0 unspecified atom stereocenters. The molecule has 0 bridgehead atoms. The summed E-state index contributed by atoms with van der Waals surface area (Å²) < 4.78 is 4.94. The van der Waals surface area contributed by atoms with Gasteiger partial charge in [0, 0.05) is 19.4 Å². The Morgan fingerprint density at radius 1 is 0.893 bits per heavy atom. The standard InChI is InChI=1S/C20H36N2O6/c1-3-5-6-7-8-9-10-11-12-17(23)19(26)22-16(13-14-18(24)25)15-28-20(27)21-4-2/h16H,3-15H2,1-2H3,(H,21,27)(H,22,26)(H,24,25)/t16-/m0/s1. The highest BCUT2D eigenvalue weighted by molar-refractivity contribution is 6.36. The largest absolute Gasteiger partial charge is 0.481 e. The van der Waals surface area contributed by atoms with E-state index in [4.69, 9.17) is 9.84 Å². The van der Waals surface area contributed by atoms with Gasteiger partial charge in [0.15, 0.2) is 0 Å². The molecule has 0 heterocycles. The fourth-order valence-electron chi connectivity index (χ4n) is 2.67. The van der Waals surface area contributed by atoms with E-state index in [9.17, 15) is 19.2 Å². The number of Topliss-reactive ketones (excluding diaryl/α,β-unsaturated/α-hetero) is 1. The van der Waals surface area contributed by atoms with Gasteiger partial charge in [-0.2, -0.15) is 0 Å². The molecule has 0 aliphatic carbocycles. The van der Waals surface area contributed by atoms with Crippen LogP contribution in [0.15, 0.2) is 0 Å². The van der Waals surface area contributed by atoms with Gasteiger partial charge in [-0.3, -0.25) is 14.4 Å². The van der Waals surface area contributed by atoms with E-state index in [0.29, 0.717) is 13.0 Å². The maximum Gasteiger partial charge on any atom is 0.407 e.